The van der Waals surface area contributed by atoms with E-state index in [1.807, 2.05) is 18.2 Å². The van der Waals surface area contributed by atoms with Crippen molar-refractivity contribution in [1.29, 1.82) is 0 Å². The Balaban J connectivity index is 2.30. The standard InChI is InChI=1S/C15H16ClN/c1-15(2,3)8-4-9-17-10-7-12-5-6-13(16)11-14(12)17/h5-7,10-11H,9H2,1-3H3. The zero-order valence-corrected chi connectivity index (χ0v) is 11.2. The SMILES string of the molecule is CC(C)(C)C#CCn1ccc2ccc(Cl)cc21. The van der Waals surface area contributed by atoms with Crippen LogP contribution in [0.2, 0.25) is 5.02 Å². The fraction of sp³-hybridized carbons (Fsp3) is 0.333. The van der Waals surface area contributed by atoms with E-state index < -0.39 is 0 Å². The van der Waals surface area contributed by atoms with Gasteiger partial charge < -0.3 is 4.57 Å². The highest BCUT2D eigenvalue weighted by Crippen LogP contribution is 2.20. The number of fused-ring (bicyclic) bond motifs is 1. The smallest absolute Gasteiger partial charge is 0.0837 e. The maximum absolute atomic E-state index is 6.00. The molecular formula is C15H16ClN. The van der Waals surface area contributed by atoms with E-state index in [-0.39, 0.29) is 5.41 Å². The first kappa shape index (κ1) is 12.1. The van der Waals surface area contributed by atoms with Gasteiger partial charge in [-0.25, -0.2) is 0 Å². The van der Waals surface area contributed by atoms with Gasteiger partial charge >= 0.3 is 0 Å². The number of rotatable bonds is 1. The van der Waals surface area contributed by atoms with Crippen LogP contribution >= 0.6 is 11.6 Å². The number of aromatic nitrogens is 1. The van der Waals surface area contributed by atoms with Crippen LogP contribution in [0, 0.1) is 17.3 Å². The van der Waals surface area contributed by atoms with Gasteiger partial charge in [-0.1, -0.05) is 29.5 Å². The normalized spacial score (nSPS) is 11.3. The number of halogens is 1. The van der Waals surface area contributed by atoms with Gasteiger partial charge in [-0.2, -0.15) is 0 Å². The third kappa shape index (κ3) is 3.05. The van der Waals surface area contributed by atoms with Gasteiger partial charge in [0.1, 0.15) is 0 Å². The summed E-state index contributed by atoms with van der Waals surface area (Å²) in [5, 5.41) is 1.97. The zero-order chi connectivity index (χ0) is 12.5. The molecule has 0 saturated carbocycles. The second-order valence-corrected chi connectivity index (χ2v) is 5.63. The van der Waals surface area contributed by atoms with Crippen LogP contribution in [-0.2, 0) is 6.54 Å². The summed E-state index contributed by atoms with van der Waals surface area (Å²) in [7, 11) is 0. The third-order valence-electron chi connectivity index (χ3n) is 2.45. The summed E-state index contributed by atoms with van der Waals surface area (Å²) in [5.41, 5.74) is 1.20. The Bertz CT molecular complexity index is 591. The summed E-state index contributed by atoms with van der Waals surface area (Å²) in [6, 6.07) is 8.01. The molecule has 1 aromatic carbocycles. The van der Waals surface area contributed by atoms with E-state index in [1.54, 1.807) is 0 Å². The fourth-order valence-electron chi connectivity index (χ4n) is 1.68. The lowest BCUT2D eigenvalue weighted by molar-refractivity contribution is 0.569. The molecular weight excluding hydrogens is 230 g/mol. The molecule has 0 aliphatic rings. The highest BCUT2D eigenvalue weighted by Gasteiger charge is 2.04. The molecule has 0 spiro atoms. The molecule has 1 aromatic heterocycles. The first-order valence-corrected chi connectivity index (χ1v) is 6.08. The van der Waals surface area contributed by atoms with Crippen LogP contribution in [0.15, 0.2) is 30.5 Å². The predicted octanol–water partition coefficient (Wildman–Crippen LogP) is 4.34. The summed E-state index contributed by atoms with van der Waals surface area (Å²) in [4.78, 5) is 0. The molecule has 0 unspecified atom stereocenters. The van der Waals surface area contributed by atoms with Crippen LogP contribution in [0.3, 0.4) is 0 Å². The summed E-state index contributed by atoms with van der Waals surface area (Å²) in [6.45, 7) is 7.06. The van der Waals surface area contributed by atoms with Crippen molar-refractivity contribution in [2.24, 2.45) is 5.41 Å². The molecule has 0 bridgehead atoms. The van der Waals surface area contributed by atoms with Crippen molar-refractivity contribution in [2.75, 3.05) is 0 Å². The number of hydrogen-bond acceptors (Lipinski definition) is 0. The van der Waals surface area contributed by atoms with Crippen LogP contribution in [0.4, 0.5) is 0 Å². The highest BCUT2D eigenvalue weighted by atomic mass is 35.5. The second kappa shape index (κ2) is 4.47. The second-order valence-electron chi connectivity index (χ2n) is 5.20. The summed E-state index contributed by atoms with van der Waals surface area (Å²) < 4.78 is 2.12. The third-order valence-corrected chi connectivity index (χ3v) is 2.68. The summed E-state index contributed by atoms with van der Waals surface area (Å²) in [6.07, 6.45) is 2.05. The van der Waals surface area contributed by atoms with Crippen LogP contribution in [0.25, 0.3) is 10.9 Å². The van der Waals surface area contributed by atoms with E-state index in [9.17, 15) is 0 Å². The van der Waals surface area contributed by atoms with E-state index in [0.29, 0.717) is 6.54 Å². The zero-order valence-electron chi connectivity index (χ0n) is 10.4. The molecule has 88 valence electrons. The Morgan fingerprint density at radius 2 is 2.00 bits per heavy atom. The van der Waals surface area contributed by atoms with Crippen molar-refractivity contribution in [3.8, 4) is 11.8 Å². The largest absolute Gasteiger partial charge is 0.336 e. The van der Waals surface area contributed by atoms with Crippen LogP contribution in [0.1, 0.15) is 20.8 Å². The number of nitrogens with zero attached hydrogens (tertiary/aromatic N) is 1. The minimum atomic E-state index is 0.0562. The molecule has 2 rings (SSSR count). The average Bonchev–Trinajstić information content (AvgIpc) is 2.59. The minimum absolute atomic E-state index is 0.0562. The fourth-order valence-corrected chi connectivity index (χ4v) is 1.85. The van der Waals surface area contributed by atoms with Crippen molar-refractivity contribution < 1.29 is 0 Å². The van der Waals surface area contributed by atoms with Crippen molar-refractivity contribution in [3.63, 3.8) is 0 Å². The molecule has 0 aliphatic heterocycles. The van der Waals surface area contributed by atoms with Gasteiger partial charge in [0.25, 0.3) is 0 Å². The highest BCUT2D eigenvalue weighted by molar-refractivity contribution is 6.31. The van der Waals surface area contributed by atoms with Crippen molar-refractivity contribution in [3.05, 3.63) is 35.5 Å². The summed E-state index contributed by atoms with van der Waals surface area (Å²) in [5.74, 6) is 6.44. The molecule has 1 nitrogen and oxygen atoms in total. The van der Waals surface area contributed by atoms with Crippen LogP contribution < -0.4 is 0 Å². The van der Waals surface area contributed by atoms with Gasteiger partial charge in [0.2, 0.25) is 0 Å². The Morgan fingerprint density at radius 1 is 1.24 bits per heavy atom. The lowest BCUT2D eigenvalue weighted by Crippen LogP contribution is -2.01. The van der Waals surface area contributed by atoms with E-state index in [4.69, 9.17) is 11.6 Å². The maximum atomic E-state index is 6.00. The molecule has 2 heteroatoms. The van der Waals surface area contributed by atoms with E-state index in [1.165, 1.54) is 5.39 Å². The molecule has 1 heterocycles. The molecule has 0 fully saturated rings. The molecule has 0 saturated heterocycles. The van der Waals surface area contributed by atoms with Gasteiger partial charge in [-0.3, -0.25) is 0 Å². The molecule has 0 N–H and O–H groups in total. The molecule has 0 amide bonds. The van der Waals surface area contributed by atoms with Gasteiger partial charge in [0.15, 0.2) is 0 Å². The quantitative estimate of drug-likeness (QED) is 0.659. The van der Waals surface area contributed by atoms with E-state index in [0.717, 1.165) is 10.5 Å². The monoisotopic (exact) mass is 245 g/mol. The van der Waals surface area contributed by atoms with Crippen molar-refractivity contribution in [2.45, 2.75) is 27.3 Å². The molecule has 0 aliphatic carbocycles. The Hall–Kier alpha value is -1.39. The van der Waals surface area contributed by atoms with Crippen molar-refractivity contribution >= 4 is 22.5 Å². The van der Waals surface area contributed by atoms with Gasteiger partial charge in [0, 0.05) is 16.6 Å². The van der Waals surface area contributed by atoms with Gasteiger partial charge in [0.05, 0.1) is 12.1 Å². The number of benzene rings is 1. The van der Waals surface area contributed by atoms with E-state index >= 15 is 0 Å². The lowest BCUT2D eigenvalue weighted by Gasteiger charge is -2.07. The molecule has 0 radical (unpaired) electrons. The van der Waals surface area contributed by atoms with Gasteiger partial charge in [-0.05, 0) is 44.4 Å². The first-order chi connectivity index (χ1) is 7.96. The van der Waals surface area contributed by atoms with Crippen molar-refractivity contribution in [1.82, 2.24) is 4.57 Å². The maximum Gasteiger partial charge on any atom is 0.0837 e. The topological polar surface area (TPSA) is 4.93 Å². The Morgan fingerprint density at radius 3 is 2.71 bits per heavy atom. The van der Waals surface area contributed by atoms with E-state index in [2.05, 4.69) is 49.4 Å². The van der Waals surface area contributed by atoms with Gasteiger partial charge in [-0.15, -0.1) is 0 Å². The first-order valence-electron chi connectivity index (χ1n) is 5.70. The Kier molecular flexibility index (Phi) is 3.17. The summed E-state index contributed by atoms with van der Waals surface area (Å²) >= 11 is 6.00. The van der Waals surface area contributed by atoms with Crippen LogP contribution in [0.5, 0.6) is 0 Å². The van der Waals surface area contributed by atoms with Crippen LogP contribution in [-0.4, -0.2) is 4.57 Å². The average molecular weight is 246 g/mol. The molecule has 0 atom stereocenters. The Labute approximate surface area is 107 Å². The number of hydrogen-bond donors (Lipinski definition) is 0. The lowest BCUT2D eigenvalue weighted by atomic mass is 9.98. The molecule has 2 aromatic rings. The minimum Gasteiger partial charge on any atom is -0.336 e. The predicted molar refractivity (Wildman–Crippen MR) is 74.2 cm³/mol. The molecule has 17 heavy (non-hydrogen) atoms.